The molecule has 11 heteroatoms. The van der Waals surface area contributed by atoms with Gasteiger partial charge in [0.25, 0.3) is 5.91 Å². The van der Waals surface area contributed by atoms with Gasteiger partial charge in [0.05, 0.1) is 16.9 Å². The Morgan fingerprint density at radius 1 is 1.09 bits per heavy atom. The molecule has 0 saturated heterocycles. The van der Waals surface area contributed by atoms with Crippen LogP contribution in [0.3, 0.4) is 0 Å². The number of rotatable bonds is 5. The summed E-state index contributed by atoms with van der Waals surface area (Å²) >= 11 is 2.17. The van der Waals surface area contributed by atoms with Gasteiger partial charge in [-0.25, -0.2) is 0 Å². The zero-order valence-corrected chi connectivity index (χ0v) is 18.2. The summed E-state index contributed by atoms with van der Waals surface area (Å²) in [4.78, 5) is 26.8. The van der Waals surface area contributed by atoms with E-state index in [0.717, 1.165) is 47.6 Å². The van der Waals surface area contributed by atoms with Crippen molar-refractivity contribution in [1.29, 1.82) is 0 Å². The van der Waals surface area contributed by atoms with Crippen LogP contribution >= 0.6 is 23.1 Å². The number of aryl methyl sites for hydroxylation is 1. The Hall–Kier alpha value is -2.92. The number of nitrogens with zero attached hydrogens (tertiary/aromatic N) is 3. The first kappa shape index (κ1) is 22.3. The van der Waals surface area contributed by atoms with Crippen LogP contribution in [0.1, 0.15) is 27.9 Å². The Bertz CT molecular complexity index is 1150. The molecule has 0 aliphatic carbocycles. The summed E-state index contributed by atoms with van der Waals surface area (Å²) < 4.78 is 39.8. The van der Waals surface area contributed by atoms with Crippen molar-refractivity contribution in [3.63, 3.8) is 0 Å². The third kappa shape index (κ3) is 4.94. The van der Waals surface area contributed by atoms with Crippen molar-refractivity contribution in [1.82, 2.24) is 10.2 Å². The van der Waals surface area contributed by atoms with Gasteiger partial charge in [-0.2, -0.15) is 13.2 Å². The number of alkyl halides is 3. The highest BCUT2D eigenvalue weighted by atomic mass is 32.2. The van der Waals surface area contributed by atoms with Crippen molar-refractivity contribution in [3.05, 3.63) is 65.2 Å². The molecule has 0 atom stereocenters. The van der Waals surface area contributed by atoms with Gasteiger partial charge < -0.3 is 4.90 Å². The molecule has 1 aliphatic heterocycles. The standard InChI is InChI=1S/C21H17F3N4O2S2/c22-21(23,24)15-9-3-2-8-14(15)18(30)25-19-26-27-20(32-19)31-12-17(29)28-11-5-7-13-6-1-4-10-16(13)28/h1-4,6,8-10H,5,7,11-12H2,(H,25,26,30). The molecule has 2 aromatic carbocycles. The summed E-state index contributed by atoms with van der Waals surface area (Å²) in [5.74, 6) is -0.859. The number of hydrogen-bond donors (Lipinski definition) is 1. The topological polar surface area (TPSA) is 75.2 Å². The second-order valence-corrected chi connectivity index (χ2v) is 9.14. The van der Waals surface area contributed by atoms with Crippen LogP contribution < -0.4 is 10.2 Å². The monoisotopic (exact) mass is 478 g/mol. The number of fused-ring (bicyclic) bond motifs is 1. The second-order valence-electron chi connectivity index (χ2n) is 6.94. The van der Waals surface area contributed by atoms with E-state index in [2.05, 4.69) is 15.5 Å². The maximum absolute atomic E-state index is 13.1. The van der Waals surface area contributed by atoms with Gasteiger partial charge in [-0.1, -0.05) is 53.4 Å². The van der Waals surface area contributed by atoms with E-state index in [0.29, 0.717) is 10.9 Å². The average Bonchev–Trinajstić information content (AvgIpc) is 3.23. The van der Waals surface area contributed by atoms with Gasteiger partial charge in [0.2, 0.25) is 11.0 Å². The largest absolute Gasteiger partial charge is 0.417 e. The number of halogens is 3. The van der Waals surface area contributed by atoms with Gasteiger partial charge in [-0.15, -0.1) is 10.2 Å². The number of aromatic nitrogens is 2. The maximum Gasteiger partial charge on any atom is 0.417 e. The lowest BCUT2D eigenvalue weighted by Gasteiger charge is -2.29. The third-order valence-corrected chi connectivity index (χ3v) is 6.79. The molecule has 0 saturated carbocycles. The molecule has 1 N–H and O–H groups in total. The molecule has 0 radical (unpaired) electrons. The van der Waals surface area contributed by atoms with Crippen LogP contribution in [-0.4, -0.2) is 34.3 Å². The molecule has 0 unspecified atom stereocenters. The highest BCUT2D eigenvalue weighted by Crippen LogP contribution is 2.33. The van der Waals surface area contributed by atoms with Crippen LogP contribution in [0.25, 0.3) is 0 Å². The molecule has 2 amide bonds. The first-order valence-corrected chi connectivity index (χ1v) is 11.5. The van der Waals surface area contributed by atoms with Crippen molar-refractivity contribution in [2.45, 2.75) is 23.4 Å². The fourth-order valence-electron chi connectivity index (χ4n) is 3.41. The lowest BCUT2D eigenvalue weighted by atomic mass is 10.0. The Morgan fingerprint density at radius 3 is 2.66 bits per heavy atom. The number of carbonyl (C=O) groups excluding carboxylic acids is 2. The Morgan fingerprint density at radius 2 is 1.84 bits per heavy atom. The highest BCUT2D eigenvalue weighted by molar-refractivity contribution is 8.01. The van der Waals surface area contributed by atoms with E-state index < -0.39 is 23.2 Å². The zero-order valence-electron chi connectivity index (χ0n) is 16.6. The molecule has 2 heterocycles. The van der Waals surface area contributed by atoms with Crippen molar-refractivity contribution >= 4 is 45.7 Å². The van der Waals surface area contributed by atoms with E-state index in [1.165, 1.54) is 23.9 Å². The van der Waals surface area contributed by atoms with Crippen molar-refractivity contribution in [2.24, 2.45) is 0 Å². The molecule has 32 heavy (non-hydrogen) atoms. The normalized spacial score (nSPS) is 13.5. The number of anilines is 2. The van der Waals surface area contributed by atoms with E-state index in [1.54, 1.807) is 4.90 Å². The number of thioether (sulfide) groups is 1. The van der Waals surface area contributed by atoms with Gasteiger partial charge in [0, 0.05) is 12.2 Å². The molecule has 6 nitrogen and oxygen atoms in total. The number of nitrogens with one attached hydrogen (secondary N) is 1. The molecule has 0 fully saturated rings. The van der Waals surface area contributed by atoms with Crippen LogP contribution in [0, 0.1) is 0 Å². The average molecular weight is 479 g/mol. The minimum atomic E-state index is -4.65. The predicted octanol–water partition coefficient (Wildman–Crippen LogP) is 4.88. The van der Waals surface area contributed by atoms with E-state index in [4.69, 9.17) is 0 Å². The van der Waals surface area contributed by atoms with Gasteiger partial charge in [-0.05, 0) is 36.6 Å². The first-order valence-electron chi connectivity index (χ1n) is 9.65. The molecule has 1 aromatic heterocycles. The van der Waals surface area contributed by atoms with Crippen LogP contribution in [-0.2, 0) is 17.4 Å². The molecule has 4 rings (SSSR count). The van der Waals surface area contributed by atoms with E-state index in [1.807, 2.05) is 24.3 Å². The molecule has 3 aromatic rings. The Kier molecular flexibility index (Phi) is 6.47. The molecular weight excluding hydrogens is 461 g/mol. The lowest BCUT2D eigenvalue weighted by Crippen LogP contribution is -2.36. The van der Waals surface area contributed by atoms with Crippen LogP contribution in [0.2, 0.25) is 0 Å². The molecule has 1 aliphatic rings. The quantitative estimate of drug-likeness (QED) is 0.418. The number of amides is 2. The van der Waals surface area contributed by atoms with Gasteiger partial charge in [-0.3, -0.25) is 14.9 Å². The third-order valence-electron chi connectivity index (χ3n) is 4.83. The summed E-state index contributed by atoms with van der Waals surface area (Å²) in [7, 11) is 0. The summed E-state index contributed by atoms with van der Waals surface area (Å²) in [6.45, 7) is 0.645. The maximum atomic E-state index is 13.1. The van der Waals surface area contributed by atoms with Crippen LogP contribution in [0.5, 0.6) is 0 Å². The number of para-hydroxylation sites is 1. The number of hydrogen-bond acceptors (Lipinski definition) is 6. The number of benzene rings is 2. The SMILES string of the molecule is O=C(Nc1nnc(SCC(=O)N2CCCc3ccccc32)s1)c1ccccc1C(F)(F)F. The minimum absolute atomic E-state index is 0.0604. The van der Waals surface area contributed by atoms with Crippen molar-refractivity contribution < 1.29 is 22.8 Å². The fraction of sp³-hybridized carbons (Fsp3) is 0.238. The summed E-state index contributed by atoms with van der Waals surface area (Å²) in [6, 6.07) is 12.3. The van der Waals surface area contributed by atoms with Crippen molar-refractivity contribution in [3.8, 4) is 0 Å². The molecule has 0 bridgehead atoms. The molecular formula is C21H17F3N4O2S2. The minimum Gasteiger partial charge on any atom is -0.311 e. The Balaban J connectivity index is 1.38. The Labute approximate surface area is 189 Å². The highest BCUT2D eigenvalue weighted by Gasteiger charge is 2.35. The van der Waals surface area contributed by atoms with E-state index >= 15 is 0 Å². The number of carbonyl (C=O) groups is 2. The zero-order chi connectivity index (χ0) is 22.7. The predicted molar refractivity (Wildman–Crippen MR) is 117 cm³/mol. The fourth-order valence-corrected chi connectivity index (χ4v) is 5.03. The van der Waals surface area contributed by atoms with Gasteiger partial charge in [0.15, 0.2) is 4.34 Å². The first-order chi connectivity index (χ1) is 15.3. The molecule has 0 spiro atoms. The van der Waals surface area contributed by atoms with Crippen LogP contribution in [0.4, 0.5) is 24.0 Å². The van der Waals surface area contributed by atoms with Crippen LogP contribution in [0.15, 0.2) is 52.9 Å². The second kappa shape index (κ2) is 9.29. The molecule has 166 valence electrons. The summed E-state index contributed by atoms with van der Waals surface area (Å²) in [5.41, 5.74) is 0.530. The van der Waals surface area contributed by atoms with Gasteiger partial charge >= 0.3 is 6.18 Å². The van der Waals surface area contributed by atoms with E-state index in [9.17, 15) is 22.8 Å². The summed E-state index contributed by atoms with van der Waals surface area (Å²) in [5, 5.41) is 10.1. The van der Waals surface area contributed by atoms with Crippen molar-refractivity contribution in [2.75, 3.05) is 22.5 Å². The van der Waals surface area contributed by atoms with Gasteiger partial charge in [0.1, 0.15) is 0 Å². The lowest BCUT2D eigenvalue weighted by molar-refractivity contribution is -0.137. The summed E-state index contributed by atoms with van der Waals surface area (Å²) in [6.07, 6.45) is -2.82. The smallest absolute Gasteiger partial charge is 0.311 e. The van der Waals surface area contributed by atoms with E-state index in [-0.39, 0.29) is 16.8 Å².